The fraction of sp³-hybridized carbons (Fsp3) is 0.667. The summed E-state index contributed by atoms with van der Waals surface area (Å²) >= 11 is 3.79. The van der Waals surface area contributed by atoms with Gasteiger partial charge in [-0.15, -0.1) is 11.3 Å². The lowest BCUT2D eigenvalue weighted by atomic mass is 9.94. The summed E-state index contributed by atoms with van der Waals surface area (Å²) in [6.07, 6.45) is 3.09. The number of thiazole rings is 1. The van der Waals surface area contributed by atoms with Crippen molar-refractivity contribution in [1.29, 1.82) is 0 Å². The first-order valence-corrected chi connectivity index (χ1v) is 6.43. The van der Waals surface area contributed by atoms with Crippen molar-refractivity contribution in [2.75, 3.05) is 12.8 Å². The summed E-state index contributed by atoms with van der Waals surface area (Å²) in [6.45, 7) is 2.29. The molecule has 1 aromatic heterocycles. The Hall–Kier alpha value is -0.0600. The van der Waals surface area contributed by atoms with Crippen LogP contribution in [0, 0.1) is 0 Å². The second-order valence-corrected chi connectivity index (χ2v) is 5.66. The molecule has 72 valence electrons. The van der Waals surface area contributed by atoms with E-state index in [4.69, 9.17) is 0 Å². The van der Waals surface area contributed by atoms with Gasteiger partial charge in [0.15, 0.2) is 0 Å². The van der Waals surface area contributed by atoms with Crippen LogP contribution < -0.4 is 5.32 Å². The van der Waals surface area contributed by atoms with Crippen molar-refractivity contribution in [3.8, 4) is 0 Å². The Morgan fingerprint density at radius 1 is 1.69 bits per heavy atom. The normalized spacial score (nSPS) is 33.8. The van der Waals surface area contributed by atoms with Crippen molar-refractivity contribution in [2.24, 2.45) is 0 Å². The van der Waals surface area contributed by atoms with Crippen LogP contribution in [0.1, 0.15) is 18.4 Å². The van der Waals surface area contributed by atoms with Crippen molar-refractivity contribution in [2.45, 2.75) is 24.1 Å². The zero-order chi connectivity index (χ0) is 9.31. The average Bonchev–Trinajstić information content (AvgIpc) is 2.73. The third-order valence-corrected chi connectivity index (χ3v) is 5.11. The average molecular weight is 214 g/mol. The smallest absolute Gasteiger partial charge is 0.114 e. The topological polar surface area (TPSA) is 24.9 Å². The van der Waals surface area contributed by atoms with Crippen LogP contribution in [0.25, 0.3) is 0 Å². The van der Waals surface area contributed by atoms with Gasteiger partial charge in [0.05, 0.1) is 5.54 Å². The first-order valence-electron chi connectivity index (χ1n) is 4.50. The molecule has 1 fully saturated rings. The molecule has 2 heterocycles. The monoisotopic (exact) mass is 214 g/mol. The fourth-order valence-corrected chi connectivity index (χ4v) is 4.37. The van der Waals surface area contributed by atoms with Gasteiger partial charge in [0, 0.05) is 16.8 Å². The molecule has 0 spiro atoms. The van der Waals surface area contributed by atoms with Gasteiger partial charge in [-0.1, -0.05) is 6.92 Å². The second-order valence-electron chi connectivity index (χ2n) is 3.32. The van der Waals surface area contributed by atoms with Crippen LogP contribution in [0.2, 0.25) is 0 Å². The lowest BCUT2D eigenvalue weighted by molar-refractivity contribution is 0.362. The standard InChI is InChI=1S/C9H14N2S2/c1-7-9(10-2,3-5-12-7)8-11-4-6-13-8/h4,6-7,10H,3,5H2,1-2H3. The molecule has 2 rings (SSSR count). The van der Waals surface area contributed by atoms with Crippen molar-refractivity contribution >= 4 is 23.1 Å². The van der Waals surface area contributed by atoms with Crippen molar-refractivity contribution in [3.63, 3.8) is 0 Å². The molecule has 4 heteroatoms. The third-order valence-electron chi connectivity index (χ3n) is 2.82. The highest BCUT2D eigenvalue weighted by atomic mass is 32.2. The molecule has 2 atom stereocenters. The van der Waals surface area contributed by atoms with Crippen LogP contribution in [0.4, 0.5) is 0 Å². The molecule has 1 N–H and O–H groups in total. The number of aromatic nitrogens is 1. The van der Waals surface area contributed by atoms with Crippen LogP contribution in [0.15, 0.2) is 11.6 Å². The molecular formula is C9H14N2S2. The maximum atomic E-state index is 4.43. The molecule has 0 radical (unpaired) electrons. The van der Waals surface area contributed by atoms with Crippen molar-refractivity contribution < 1.29 is 0 Å². The van der Waals surface area contributed by atoms with Crippen molar-refractivity contribution in [1.82, 2.24) is 10.3 Å². The van der Waals surface area contributed by atoms with E-state index in [0.717, 1.165) is 0 Å². The van der Waals surface area contributed by atoms with Gasteiger partial charge in [0.2, 0.25) is 0 Å². The molecule has 1 saturated heterocycles. The summed E-state index contributed by atoms with van der Waals surface area (Å²) < 4.78 is 0. The van der Waals surface area contributed by atoms with Crippen LogP contribution in [-0.4, -0.2) is 23.0 Å². The number of hydrogen-bond acceptors (Lipinski definition) is 4. The summed E-state index contributed by atoms with van der Waals surface area (Å²) in [4.78, 5) is 4.43. The summed E-state index contributed by atoms with van der Waals surface area (Å²) in [5, 5.41) is 7.39. The number of thioether (sulfide) groups is 1. The summed E-state index contributed by atoms with van der Waals surface area (Å²) in [6, 6.07) is 0. The summed E-state index contributed by atoms with van der Waals surface area (Å²) in [5.74, 6) is 1.24. The van der Waals surface area contributed by atoms with Gasteiger partial charge in [-0.25, -0.2) is 4.98 Å². The maximum Gasteiger partial charge on any atom is 0.114 e. The van der Waals surface area contributed by atoms with Crippen molar-refractivity contribution in [3.05, 3.63) is 16.6 Å². The number of nitrogens with one attached hydrogen (secondary N) is 1. The van der Waals surface area contributed by atoms with Crippen LogP contribution >= 0.6 is 23.1 Å². The Balaban J connectivity index is 2.35. The molecule has 0 aliphatic carbocycles. The minimum absolute atomic E-state index is 0.138. The Kier molecular flexibility index (Phi) is 2.62. The van der Waals surface area contributed by atoms with Crippen LogP contribution in [0.3, 0.4) is 0 Å². The van der Waals surface area contributed by atoms with Gasteiger partial charge >= 0.3 is 0 Å². The van der Waals surface area contributed by atoms with Gasteiger partial charge < -0.3 is 5.32 Å². The predicted octanol–water partition coefficient (Wildman–Crippen LogP) is 2.08. The van der Waals surface area contributed by atoms with E-state index in [-0.39, 0.29) is 5.54 Å². The van der Waals surface area contributed by atoms with E-state index in [0.29, 0.717) is 5.25 Å². The molecule has 2 nitrogen and oxygen atoms in total. The maximum absolute atomic E-state index is 4.43. The molecule has 0 aromatic carbocycles. The van der Waals surface area contributed by atoms with E-state index >= 15 is 0 Å². The molecule has 0 amide bonds. The molecule has 2 unspecified atom stereocenters. The number of nitrogens with zero attached hydrogens (tertiary/aromatic N) is 1. The highest BCUT2D eigenvalue weighted by Gasteiger charge is 2.43. The molecule has 1 aliphatic rings. The molecule has 13 heavy (non-hydrogen) atoms. The lowest BCUT2D eigenvalue weighted by Crippen LogP contribution is -2.44. The van der Waals surface area contributed by atoms with Crippen LogP contribution in [-0.2, 0) is 5.54 Å². The largest absolute Gasteiger partial charge is 0.308 e. The number of rotatable bonds is 2. The first-order chi connectivity index (χ1) is 6.29. The SMILES string of the molecule is CNC1(c2nccs2)CCSC1C. The Morgan fingerprint density at radius 2 is 2.54 bits per heavy atom. The minimum Gasteiger partial charge on any atom is -0.308 e. The van der Waals surface area contributed by atoms with Gasteiger partial charge in [0.1, 0.15) is 5.01 Å². The van der Waals surface area contributed by atoms with E-state index in [1.165, 1.54) is 17.2 Å². The minimum atomic E-state index is 0.138. The second kappa shape index (κ2) is 3.59. The van der Waals surface area contributed by atoms with Gasteiger partial charge in [0.25, 0.3) is 0 Å². The Morgan fingerprint density at radius 3 is 3.00 bits per heavy atom. The molecule has 1 aromatic rings. The highest BCUT2D eigenvalue weighted by Crippen LogP contribution is 2.43. The fourth-order valence-electron chi connectivity index (χ4n) is 1.90. The lowest BCUT2D eigenvalue weighted by Gasteiger charge is -2.30. The van der Waals surface area contributed by atoms with E-state index in [1.807, 2.05) is 25.0 Å². The zero-order valence-electron chi connectivity index (χ0n) is 7.91. The molecule has 0 bridgehead atoms. The molecular weight excluding hydrogens is 200 g/mol. The Labute approximate surface area is 87.1 Å². The van der Waals surface area contributed by atoms with E-state index in [1.54, 1.807) is 11.3 Å². The van der Waals surface area contributed by atoms with Gasteiger partial charge in [-0.3, -0.25) is 0 Å². The van der Waals surface area contributed by atoms with E-state index < -0.39 is 0 Å². The predicted molar refractivity (Wildman–Crippen MR) is 59.4 cm³/mol. The van der Waals surface area contributed by atoms with E-state index in [2.05, 4.69) is 22.6 Å². The highest BCUT2D eigenvalue weighted by molar-refractivity contribution is 8.00. The summed E-state index contributed by atoms with van der Waals surface area (Å²) in [5.41, 5.74) is 0.138. The first kappa shape index (κ1) is 9.49. The van der Waals surface area contributed by atoms with Gasteiger partial charge in [-0.2, -0.15) is 11.8 Å². The zero-order valence-corrected chi connectivity index (χ0v) is 9.54. The number of hydrogen-bond donors (Lipinski definition) is 1. The molecule has 1 aliphatic heterocycles. The third kappa shape index (κ3) is 1.41. The Bertz CT molecular complexity index is 273. The quantitative estimate of drug-likeness (QED) is 0.816. The van der Waals surface area contributed by atoms with Crippen LogP contribution in [0.5, 0.6) is 0 Å². The summed E-state index contributed by atoms with van der Waals surface area (Å²) in [7, 11) is 2.05. The molecule has 0 saturated carbocycles. The van der Waals surface area contributed by atoms with Gasteiger partial charge in [-0.05, 0) is 19.2 Å². The van der Waals surface area contributed by atoms with E-state index in [9.17, 15) is 0 Å².